The second-order valence-corrected chi connectivity index (χ2v) is 7.73. The molecule has 5 heteroatoms. The van der Waals surface area contributed by atoms with Gasteiger partial charge in [-0.05, 0) is 32.6 Å². The van der Waals surface area contributed by atoms with Gasteiger partial charge in [-0.2, -0.15) is 0 Å². The van der Waals surface area contributed by atoms with E-state index in [0.29, 0.717) is 24.8 Å². The van der Waals surface area contributed by atoms with Crippen LogP contribution in [0.2, 0.25) is 0 Å². The van der Waals surface area contributed by atoms with Crippen LogP contribution in [0.1, 0.15) is 104 Å². The third kappa shape index (κ3) is 14.7. The third-order valence-electron chi connectivity index (χ3n) is 4.99. The van der Waals surface area contributed by atoms with Crippen molar-refractivity contribution in [3.63, 3.8) is 0 Å². The SMILES string of the molecule is C=C(C)C(=O)OC(CCCCCCCC(=O)OC)C(O)CCCCCCCC. The molecule has 0 spiro atoms. The quantitative estimate of drug-likeness (QED) is 0.188. The predicted molar refractivity (Wildman–Crippen MR) is 113 cm³/mol. The van der Waals surface area contributed by atoms with Gasteiger partial charge in [-0.1, -0.05) is 71.3 Å². The molecule has 0 saturated carbocycles. The van der Waals surface area contributed by atoms with Crippen molar-refractivity contribution in [1.29, 1.82) is 0 Å². The fourth-order valence-corrected chi connectivity index (χ4v) is 3.13. The van der Waals surface area contributed by atoms with E-state index < -0.39 is 18.2 Å². The van der Waals surface area contributed by atoms with Crippen LogP contribution >= 0.6 is 0 Å². The van der Waals surface area contributed by atoms with Crippen LogP contribution in [-0.2, 0) is 19.1 Å². The van der Waals surface area contributed by atoms with Gasteiger partial charge in [0.15, 0.2) is 0 Å². The smallest absolute Gasteiger partial charge is 0.333 e. The van der Waals surface area contributed by atoms with Gasteiger partial charge in [0.1, 0.15) is 6.10 Å². The van der Waals surface area contributed by atoms with Crippen LogP contribution in [0.3, 0.4) is 0 Å². The summed E-state index contributed by atoms with van der Waals surface area (Å²) in [6.07, 6.45) is 12.4. The maximum Gasteiger partial charge on any atom is 0.333 e. The maximum atomic E-state index is 11.9. The molecule has 5 nitrogen and oxygen atoms in total. The summed E-state index contributed by atoms with van der Waals surface area (Å²) in [7, 11) is 1.41. The van der Waals surface area contributed by atoms with Crippen LogP contribution in [-0.4, -0.2) is 36.4 Å². The summed E-state index contributed by atoms with van der Waals surface area (Å²) < 4.78 is 10.1. The first-order chi connectivity index (χ1) is 13.4. The van der Waals surface area contributed by atoms with Gasteiger partial charge in [-0.25, -0.2) is 4.79 Å². The van der Waals surface area contributed by atoms with E-state index in [1.807, 2.05) is 0 Å². The number of hydrogen-bond donors (Lipinski definition) is 1. The summed E-state index contributed by atoms with van der Waals surface area (Å²) in [4.78, 5) is 23.0. The Kier molecular flexibility index (Phi) is 16.9. The van der Waals surface area contributed by atoms with Gasteiger partial charge < -0.3 is 14.6 Å². The lowest BCUT2D eigenvalue weighted by molar-refractivity contribution is -0.151. The number of methoxy groups -OCH3 is 1. The summed E-state index contributed by atoms with van der Waals surface area (Å²) >= 11 is 0. The number of hydrogen-bond acceptors (Lipinski definition) is 5. The molecule has 0 heterocycles. The summed E-state index contributed by atoms with van der Waals surface area (Å²) in [6.45, 7) is 7.45. The number of ether oxygens (including phenoxy) is 2. The van der Waals surface area contributed by atoms with Crippen molar-refractivity contribution in [2.75, 3.05) is 7.11 Å². The number of esters is 2. The van der Waals surface area contributed by atoms with E-state index in [9.17, 15) is 14.7 Å². The highest BCUT2D eigenvalue weighted by atomic mass is 16.6. The first-order valence-electron chi connectivity index (χ1n) is 11.0. The first-order valence-corrected chi connectivity index (χ1v) is 11.0. The van der Waals surface area contributed by atoms with Crippen LogP contribution in [0.4, 0.5) is 0 Å². The monoisotopic (exact) mass is 398 g/mol. The number of aliphatic hydroxyl groups excluding tert-OH is 1. The summed E-state index contributed by atoms with van der Waals surface area (Å²) in [5.74, 6) is -0.588. The average molecular weight is 399 g/mol. The lowest BCUT2D eigenvalue weighted by atomic mass is 9.99. The van der Waals surface area contributed by atoms with Crippen molar-refractivity contribution < 1.29 is 24.2 Å². The zero-order valence-electron chi connectivity index (χ0n) is 18.3. The summed E-state index contributed by atoms with van der Waals surface area (Å²) in [5, 5.41) is 10.5. The van der Waals surface area contributed by atoms with Crippen molar-refractivity contribution in [2.45, 2.75) is 116 Å². The van der Waals surface area contributed by atoms with E-state index in [-0.39, 0.29) is 5.97 Å². The van der Waals surface area contributed by atoms with Crippen molar-refractivity contribution in [3.8, 4) is 0 Å². The van der Waals surface area contributed by atoms with Crippen LogP contribution in [0.25, 0.3) is 0 Å². The van der Waals surface area contributed by atoms with Gasteiger partial charge in [0.25, 0.3) is 0 Å². The molecule has 0 saturated heterocycles. The fourth-order valence-electron chi connectivity index (χ4n) is 3.13. The molecule has 0 amide bonds. The molecule has 28 heavy (non-hydrogen) atoms. The van der Waals surface area contributed by atoms with Gasteiger partial charge in [0, 0.05) is 12.0 Å². The van der Waals surface area contributed by atoms with E-state index in [1.165, 1.54) is 32.8 Å². The lowest BCUT2D eigenvalue weighted by Gasteiger charge is -2.23. The maximum absolute atomic E-state index is 11.9. The van der Waals surface area contributed by atoms with Gasteiger partial charge in [-0.3, -0.25) is 4.79 Å². The lowest BCUT2D eigenvalue weighted by Crippen LogP contribution is -2.31. The number of aliphatic hydroxyl groups is 1. The standard InChI is InChI=1S/C23H42O5/c1-5-6-7-8-10-13-16-20(24)21(28-23(26)19(2)3)17-14-11-9-12-15-18-22(25)27-4/h20-21,24H,2,5-18H2,1,3-4H3. The minimum absolute atomic E-state index is 0.162. The van der Waals surface area contributed by atoms with Crippen molar-refractivity contribution in [1.82, 2.24) is 0 Å². The molecule has 0 aliphatic rings. The predicted octanol–water partition coefficient (Wildman–Crippen LogP) is 5.49. The molecule has 0 bridgehead atoms. The second-order valence-electron chi connectivity index (χ2n) is 7.73. The zero-order valence-corrected chi connectivity index (χ0v) is 18.3. The van der Waals surface area contributed by atoms with Gasteiger partial charge in [-0.15, -0.1) is 0 Å². The Bertz CT molecular complexity index is 433. The molecule has 2 unspecified atom stereocenters. The van der Waals surface area contributed by atoms with Crippen molar-refractivity contribution in [2.24, 2.45) is 0 Å². The van der Waals surface area contributed by atoms with E-state index in [0.717, 1.165) is 44.9 Å². The molecule has 0 aliphatic heterocycles. The molecule has 0 fully saturated rings. The van der Waals surface area contributed by atoms with Crippen molar-refractivity contribution >= 4 is 11.9 Å². The van der Waals surface area contributed by atoms with Gasteiger partial charge >= 0.3 is 11.9 Å². The van der Waals surface area contributed by atoms with E-state index in [1.54, 1.807) is 6.92 Å². The first kappa shape index (κ1) is 26.6. The van der Waals surface area contributed by atoms with Gasteiger partial charge in [0.05, 0.1) is 13.2 Å². The normalized spacial score (nSPS) is 13.0. The second kappa shape index (κ2) is 17.7. The largest absolute Gasteiger partial charge is 0.469 e. The Morgan fingerprint density at radius 2 is 1.43 bits per heavy atom. The molecule has 0 aliphatic carbocycles. The molecule has 1 N–H and O–H groups in total. The van der Waals surface area contributed by atoms with E-state index in [2.05, 4.69) is 18.2 Å². The number of carbonyl (C=O) groups excluding carboxylic acids is 2. The molecule has 0 radical (unpaired) electrons. The average Bonchev–Trinajstić information content (AvgIpc) is 2.68. The Morgan fingerprint density at radius 1 is 0.893 bits per heavy atom. The van der Waals surface area contributed by atoms with E-state index >= 15 is 0 Å². The Morgan fingerprint density at radius 3 is 2.00 bits per heavy atom. The molecular formula is C23H42O5. The van der Waals surface area contributed by atoms with Crippen molar-refractivity contribution in [3.05, 3.63) is 12.2 Å². The highest BCUT2D eigenvalue weighted by Crippen LogP contribution is 2.18. The van der Waals surface area contributed by atoms with Crippen LogP contribution in [0, 0.1) is 0 Å². The Hall–Kier alpha value is -1.36. The molecule has 0 aromatic carbocycles. The van der Waals surface area contributed by atoms with Crippen LogP contribution in [0.15, 0.2) is 12.2 Å². The number of unbranched alkanes of at least 4 members (excludes halogenated alkanes) is 9. The Balaban J connectivity index is 4.16. The third-order valence-corrected chi connectivity index (χ3v) is 4.99. The molecule has 164 valence electrons. The molecule has 2 atom stereocenters. The highest BCUT2D eigenvalue weighted by Gasteiger charge is 2.23. The minimum atomic E-state index is -0.617. The Labute approximate surface area is 171 Å². The van der Waals surface area contributed by atoms with E-state index in [4.69, 9.17) is 4.74 Å². The number of rotatable bonds is 18. The fraction of sp³-hybridized carbons (Fsp3) is 0.826. The number of carbonyl (C=O) groups is 2. The summed E-state index contributed by atoms with van der Waals surface area (Å²) in [5.41, 5.74) is 0.361. The molecule has 0 rings (SSSR count). The highest BCUT2D eigenvalue weighted by molar-refractivity contribution is 5.87. The zero-order chi connectivity index (χ0) is 21.2. The van der Waals surface area contributed by atoms with Crippen LogP contribution in [0.5, 0.6) is 0 Å². The molecule has 0 aromatic heterocycles. The van der Waals surface area contributed by atoms with Gasteiger partial charge in [0.2, 0.25) is 0 Å². The van der Waals surface area contributed by atoms with Crippen LogP contribution < -0.4 is 0 Å². The topological polar surface area (TPSA) is 72.8 Å². The molecule has 0 aromatic rings. The summed E-state index contributed by atoms with van der Waals surface area (Å²) in [6, 6.07) is 0. The minimum Gasteiger partial charge on any atom is -0.469 e. The molecular weight excluding hydrogens is 356 g/mol.